The molecule has 0 aromatic carbocycles. The van der Waals surface area contributed by atoms with Crippen LogP contribution in [0.1, 0.15) is 7.43 Å². The van der Waals surface area contributed by atoms with Crippen LogP contribution in [0.4, 0.5) is 0 Å². The molecule has 0 fully saturated rings. The third-order valence-electron chi connectivity index (χ3n) is 0. The van der Waals surface area contributed by atoms with Gasteiger partial charge in [-0.1, -0.05) is 7.43 Å². The number of hydrogen-bond acceptors (Lipinski definition) is 0. The predicted octanol–water partition coefficient (Wildman–Crippen LogP) is 0.629. The Morgan fingerprint density at radius 2 is 1.00 bits per heavy atom. The molecule has 0 aliphatic rings. The molecule has 0 unspecified atom stereocenters. The molecule has 0 heterocycles. The summed E-state index contributed by atoms with van der Waals surface area (Å²) in [5.74, 6) is 0. The van der Waals surface area contributed by atoms with Crippen molar-refractivity contribution in [2.75, 3.05) is 0 Å². The van der Waals surface area contributed by atoms with Crippen LogP contribution in [0.2, 0.25) is 0 Å². The fraction of sp³-hybridized carbons (Fsp3) is 1.00. The molecular formula is CH4FeMnMo. The maximum absolute atomic E-state index is 0. The molecule has 0 atom stereocenters. The average molecular weight is 223 g/mol. The molecule has 0 aliphatic heterocycles. The molecule has 0 aliphatic carbocycles. The van der Waals surface area contributed by atoms with E-state index in [2.05, 4.69) is 0 Å². The van der Waals surface area contributed by atoms with Gasteiger partial charge in [-0.25, -0.2) is 0 Å². The topological polar surface area (TPSA) is 0 Å². The first-order valence-corrected chi connectivity index (χ1v) is 0. The summed E-state index contributed by atoms with van der Waals surface area (Å²) in [4.78, 5) is 0. The average Bonchev–Trinajstić information content (AvgIpc) is 0. The molecule has 0 bridgehead atoms. The van der Waals surface area contributed by atoms with Gasteiger partial charge in [0.05, 0.1) is 0 Å². The number of rotatable bonds is 0. The fourth-order valence-corrected chi connectivity index (χ4v) is 0. The van der Waals surface area contributed by atoms with E-state index in [1.54, 1.807) is 0 Å². The van der Waals surface area contributed by atoms with Crippen molar-refractivity contribution in [3.8, 4) is 0 Å². The van der Waals surface area contributed by atoms with E-state index in [1.165, 1.54) is 0 Å². The Hall–Kier alpha value is 1.73. The summed E-state index contributed by atoms with van der Waals surface area (Å²) in [6, 6.07) is 0. The molecule has 0 nitrogen and oxygen atoms in total. The van der Waals surface area contributed by atoms with Crippen LogP contribution in [0.25, 0.3) is 0 Å². The van der Waals surface area contributed by atoms with Gasteiger partial charge >= 0.3 is 0 Å². The standard InChI is InChI=1S/CH4.Fe.Mn.Mo/h1H4;;;. The quantitative estimate of drug-likeness (QED) is 0.528. The summed E-state index contributed by atoms with van der Waals surface area (Å²) in [5, 5.41) is 0. The zero-order valence-corrected chi connectivity index (χ0v) is 5.43. The van der Waals surface area contributed by atoms with Crippen molar-refractivity contribution < 1.29 is 55.2 Å². The van der Waals surface area contributed by atoms with E-state index in [0.717, 1.165) is 0 Å². The fourth-order valence-electron chi connectivity index (χ4n) is 0. The molecule has 3 heteroatoms. The Labute approximate surface area is 62.3 Å². The summed E-state index contributed by atoms with van der Waals surface area (Å²) in [6.45, 7) is 0. The summed E-state index contributed by atoms with van der Waals surface area (Å²) >= 11 is 0. The SMILES string of the molecule is C.[Fe].[Mn].[Mo]. The molecule has 4 heavy (non-hydrogen) atoms. The van der Waals surface area contributed by atoms with Gasteiger partial charge < -0.3 is 0 Å². The molecule has 0 saturated carbocycles. The minimum atomic E-state index is 0. The summed E-state index contributed by atoms with van der Waals surface area (Å²) < 4.78 is 0. The van der Waals surface area contributed by atoms with Gasteiger partial charge in [-0.05, 0) is 0 Å². The third-order valence-corrected chi connectivity index (χ3v) is 0. The molecule has 0 aromatic rings. The van der Waals surface area contributed by atoms with Gasteiger partial charge in [-0.15, -0.1) is 0 Å². The molecule has 0 aromatic heterocycles. The molecule has 0 saturated heterocycles. The van der Waals surface area contributed by atoms with Crippen LogP contribution in [0.15, 0.2) is 0 Å². The molecule has 0 amide bonds. The van der Waals surface area contributed by atoms with Gasteiger partial charge in [0.15, 0.2) is 0 Å². The molecule has 0 N–H and O–H groups in total. The predicted molar refractivity (Wildman–Crippen MR) is 6.73 cm³/mol. The van der Waals surface area contributed by atoms with E-state index < -0.39 is 0 Å². The number of hydrogen-bond donors (Lipinski definition) is 0. The van der Waals surface area contributed by atoms with Crippen molar-refractivity contribution in [1.29, 1.82) is 0 Å². The Bertz CT molecular complexity index is 8.00. The Morgan fingerprint density at radius 3 is 1.00 bits per heavy atom. The van der Waals surface area contributed by atoms with Gasteiger partial charge in [0, 0.05) is 55.2 Å². The van der Waals surface area contributed by atoms with Crippen molar-refractivity contribution in [1.82, 2.24) is 0 Å². The second-order valence-corrected chi connectivity index (χ2v) is 0. The van der Waals surface area contributed by atoms with E-state index >= 15 is 0 Å². The minimum absolute atomic E-state index is 0. The van der Waals surface area contributed by atoms with Gasteiger partial charge in [0.25, 0.3) is 0 Å². The molecule has 0 rings (SSSR count). The van der Waals surface area contributed by atoms with Gasteiger partial charge in [-0.2, -0.15) is 0 Å². The maximum atomic E-state index is 0. The van der Waals surface area contributed by atoms with E-state index in [4.69, 9.17) is 0 Å². The van der Waals surface area contributed by atoms with Crippen LogP contribution in [0.3, 0.4) is 0 Å². The molecule has 29 valence electrons. The summed E-state index contributed by atoms with van der Waals surface area (Å²) in [5.41, 5.74) is 0. The van der Waals surface area contributed by atoms with Crippen LogP contribution in [0.5, 0.6) is 0 Å². The monoisotopic (exact) mass is 225 g/mol. The van der Waals surface area contributed by atoms with E-state index in [-0.39, 0.29) is 62.6 Å². The first-order chi connectivity index (χ1) is 0. The van der Waals surface area contributed by atoms with Crippen molar-refractivity contribution in [2.24, 2.45) is 0 Å². The second-order valence-electron chi connectivity index (χ2n) is 0. The second kappa shape index (κ2) is 22.0. The third kappa shape index (κ3) is 9.29. The smallest absolute Gasteiger partial charge is 0 e. The van der Waals surface area contributed by atoms with E-state index in [0.29, 0.717) is 0 Å². The minimum Gasteiger partial charge on any atom is -0.0776 e. The molecule has 1 radical (unpaired) electrons. The first kappa shape index (κ1) is 42.9. The maximum Gasteiger partial charge on any atom is 0 e. The largest absolute Gasteiger partial charge is 0.0776 e. The van der Waals surface area contributed by atoms with Gasteiger partial charge in [0.1, 0.15) is 0 Å². The Morgan fingerprint density at radius 1 is 1.00 bits per heavy atom. The normalized spacial score (nSPS) is 0. The van der Waals surface area contributed by atoms with Gasteiger partial charge in [0.2, 0.25) is 0 Å². The Balaban J connectivity index is 0. The molecular weight excluding hydrogens is 219 g/mol. The Kier molecular flexibility index (Phi) is 236. The van der Waals surface area contributed by atoms with Crippen LogP contribution in [-0.4, -0.2) is 0 Å². The van der Waals surface area contributed by atoms with Crippen LogP contribution < -0.4 is 0 Å². The zero-order chi connectivity index (χ0) is 0. The summed E-state index contributed by atoms with van der Waals surface area (Å²) in [6.07, 6.45) is 0. The van der Waals surface area contributed by atoms with Crippen molar-refractivity contribution in [3.63, 3.8) is 0 Å². The van der Waals surface area contributed by atoms with E-state index in [9.17, 15) is 0 Å². The van der Waals surface area contributed by atoms with Crippen LogP contribution in [0, 0.1) is 0 Å². The van der Waals surface area contributed by atoms with Crippen LogP contribution >= 0.6 is 0 Å². The summed E-state index contributed by atoms with van der Waals surface area (Å²) in [7, 11) is 0. The molecule has 0 spiro atoms. The van der Waals surface area contributed by atoms with Crippen molar-refractivity contribution in [3.05, 3.63) is 0 Å². The van der Waals surface area contributed by atoms with Crippen LogP contribution in [-0.2, 0) is 55.2 Å². The van der Waals surface area contributed by atoms with Crippen molar-refractivity contribution >= 4 is 0 Å². The van der Waals surface area contributed by atoms with Crippen molar-refractivity contribution in [2.45, 2.75) is 7.43 Å². The first-order valence-electron chi connectivity index (χ1n) is 0. The van der Waals surface area contributed by atoms with Gasteiger partial charge in [-0.3, -0.25) is 0 Å². The van der Waals surface area contributed by atoms with E-state index in [1.807, 2.05) is 0 Å². The zero-order valence-electron chi connectivity index (χ0n) is 1.14.